The van der Waals surface area contributed by atoms with Gasteiger partial charge < -0.3 is 15.2 Å². The van der Waals surface area contributed by atoms with E-state index in [0.717, 1.165) is 36.5 Å². The van der Waals surface area contributed by atoms with Crippen LogP contribution < -0.4 is 10.6 Å². The molecule has 100 valence electrons. The number of amides is 1. The van der Waals surface area contributed by atoms with E-state index in [4.69, 9.17) is 4.52 Å². The maximum Gasteiger partial charge on any atom is 0.220 e. The summed E-state index contributed by atoms with van der Waals surface area (Å²) in [6.07, 6.45) is 2.92. The van der Waals surface area contributed by atoms with Crippen LogP contribution in [0.4, 0.5) is 0 Å². The van der Waals surface area contributed by atoms with Gasteiger partial charge in [-0.1, -0.05) is 5.16 Å². The zero-order chi connectivity index (χ0) is 13.0. The maximum atomic E-state index is 11.8. The Morgan fingerprint density at radius 2 is 2.39 bits per heavy atom. The highest BCUT2D eigenvalue weighted by Crippen LogP contribution is 2.15. The van der Waals surface area contributed by atoms with Gasteiger partial charge in [0.25, 0.3) is 0 Å². The number of rotatable bonds is 4. The van der Waals surface area contributed by atoms with E-state index in [1.165, 1.54) is 6.42 Å². The van der Waals surface area contributed by atoms with Gasteiger partial charge in [-0.05, 0) is 45.7 Å². The van der Waals surface area contributed by atoms with Crippen LogP contribution in [-0.2, 0) is 11.3 Å². The van der Waals surface area contributed by atoms with Gasteiger partial charge in [0.15, 0.2) is 0 Å². The second-order valence-corrected chi connectivity index (χ2v) is 5.00. The van der Waals surface area contributed by atoms with Gasteiger partial charge in [-0.3, -0.25) is 4.79 Å². The van der Waals surface area contributed by atoms with Crippen LogP contribution in [0.2, 0.25) is 0 Å². The van der Waals surface area contributed by atoms with Crippen molar-refractivity contribution < 1.29 is 9.32 Å². The lowest BCUT2D eigenvalue weighted by molar-refractivity contribution is -0.122. The Morgan fingerprint density at radius 3 is 3.00 bits per heavy atom. The summed E-state index contributed by atoms with van der Waals surface area (Å²) in [6, 6.07) is 0. The molecule has 0 radical (unpaired) electrons. The van der Waals surface area contributed by atoms with Crippen molar-refractivity contribution >= 4 is 5.91 Å². The molecular weight excluding hydrogens is 230 g/mol. The Morgan fingerprint density at radius 1 is 1.56 bits per heavy atom. The second kappa shape index (κ2) is 6.00. The quantitative estimate of drug-likeness (QED) is 0.846. The van der Waals surface area contributed by atoms with E-state index >= 15 is 0 Å². The molecule has 5 heteroatoms. The van der Waals surface area contributed by atoms with E-state index < -0.39 is 0 Å². The average Bonchev–Trinajstić information content (AvgIpc) is 2.68. The molecule has 1 amide bonds. The van der Waals surface area contributed by atoms with Crippen molar-refractivity contribution in [1.29, 1.82) is 0 Å². The molecular formula is C13H21N3O2. The van der Waals surface area contributed by atoms with E-state index in [0.29, 0.717) is 18.9 Å². The Labute approximate surface area is 107 Å². The summed E-state index contributed by atoms with van der Waals surface area (Å²) in [7, 11) is 0. The molecule has 0 aromatic carbocycles. The molecule has 1 saturated heterocycles. The number of hydrogen-bond acceptors (Lipinski definition) is 4. The van der Waals surface area contributed by atoms with Crippen molar-refractivity contribution in [3.8, 4) is 0 Å². The van der Waals surface area contributed by atoms with Gasteiger partial charge in [0.05, 0.1) is 5.69 Å². The summed E-state index contributed by atoms with van der Waals surface area (Å²) in [5, 5.41) is 10.1. The fourth-order valence-electron chi connectivity index (χ4n) is 2.37. The lowest BCUT2D eigenvalue weighted by Crippen LogP contribution is -2.34. The fraction of sp³-hybridized carbons (Fsp3) is 0.692. The predicted octanol–water partition coefficient (Wildman–Crippen LogP) is 1.30. The summed E-state index contributed by atoms with van der Waals surface area (Å²) >= 11 is 0. The molecule has 0 spiro atoms. The predicted molar refractivity (Wildman–Crippen MR) is 68.0 cm³/mol. The van der Waals surface area contributed by atoms with Gasteiger partial charge in [0.2, 0.25) is 5.91 Å². The molecule has 5 nitrogen and oxygen atoms in total. The van der Waals surface area contributed by atoms with Crippen LogP contribution in [0, 0.1) is 19.8 Å². The van der Waals surface area contributed by atoms with E-state index in [9.17, 15) is 4.79 Å². The summed E-state index contributed by atoms with van der Waals surface area (Å²) in [5.41, 5.74) is 1.84. The minimum Gasteiger partial charge on any atom is -0.361 e. The Kier molecular flexibility index (Phi) is 4.36. The van der Waals surface area contributed by atoms with Crippen LogP contribution in [0.3, 0.4) is 0 Å². The zero-order valence-corrected chi connectivity index (χ0v) is 11.1. The summed E-state index contributed by atoms with van der Waals surface area (Å²) < 4.78 is 5.07. The van der Waals surface area contributed by atoms with Crippen LogP contribution in [0.25, 0.3) is 0 Å². The molecule has 0 bridgehead atoms. The van der Waals surface area contributed by atoms with E-state index in [-0.39, 0.29) is 5.91 Å². The minimum atomic E-state index is 0.115. The molecule has 1 aliphatic rings. The molecule has 1 unspecified atom stereocenters. The number of nitrogens with one attached hydrogen (secondary N) is 2. The Hall–Kier alpha value is -1.36. The van der Waals surface area contributed by atoms with E-state index in [1.807, 2.05) is 13.8 Å². The SMILES string of the molecule is Cc1noc(C)c1CNC(=O)CC1CCCNC1. The Bertz CT molecular complexity index is 389. The highest BCUT2D eigenvalue weighted by Gasteiger charge is 2.17. The summed E-state index contributed by atoms with van der Waals surface area (Å²) in [5.74, 6) is 1.37. The highest BCUT2D eigenvalue weighted by molar-refractivity contribution is 5.76. The van der Waals surface area contributed by atoms with Crippen molar-refractivity contribution in [3.05, 3.63) is 17.0 Å². The molecule has 2 heterocycles. The molecule has 1 aromatic heterocycles. The monoisotopic (exact) mass is 251 g/mol. The molecule has 2 N–H and O–H groups in total. The van der Waals surface area contributed by atoms with E-state index in [1.54, 1.807) is 0 Å². The van der Waals surface area contributed by atoms with E-state index in [2.05, 4.69) is 15.8 Å². The lowest BCUT2D eigenvalue weighted by Gasteiger charge is -2.22. The molecule has 1 fully saturated rings. The van der Waals surface area contributed by atoms with Crippen LogP contribution in [0.1, 0.15) is 36.3 Å². The van der Waals surface area contributed by atoms with Crippen molar-refractivity contribution in [3.63, 3.8) is 0 Å². The number of nitrogens with zero attached hydrogens (tertiary/aromatic N) is 1. The molecule has 1 aromatic rings. The minimum absolute atomic E-state index is 0.115. The normalized spacial score (nSPS) is 19.8. The molecule has 1 aliphatic heterocycles. The number of aromatic nitrogens is 1. The van der Waals surface area contributed by atoms with Gasteiger partial charge in [0, 0.05) is 18.5 Å². The number of hydrogen-bond donors (Lipinski definition) is 2. The standard InChI is InChI=1S/C13H21N3O2/c1-9-12(10(2)18-16-9)8-15-13(17)6-11-4-3-5-14-7-11/h11,14H,3-8H2,1-2H3,(H,15,17). The largest absolute Gasteiger partial charge is 0.361 e. The third-order valence-electron chi connectivity index (χ3n) is 3.52. The van der Waals surface area contributed by atoms with Crippen molar-refractivity contribution in [2.45, 2.75) is 39.7 Å². The van der Waals surface area contributed by atoms with Crippen LogP contribution in [-0.4, -0.2) is 24.2 Å². The van der Waals surface area contributed by atoms with Gasteiger partial charge in [-0.25, -0.2) is 0 Å². The lowest BCUT2D eigenvalue weighted by atomic mass is 9.96. The topological polar surface area (TPSA) is 67.2 Å². The molecule has 1 atom stereocenters. The third kappa shape index (κ3) is 3.32. The zero-order valence-electron chi connectivity index (χ0n) is 11.1. The maximum absolute atomic E-state index is 11.8. The first-order valence-electron chi connectivity index (χ1n) is 6.56. The Balaban J connectivity index is 1.77. The number of aryl methyl sites for hydroxylation is 2. The number of carbonyl (C=O) groups excluding carboxylic acids is 1. The third-order valence-corrected chi connectivity index (χ3v) is 3.52. The number of piperidine rings is 1. The van der Waals surface area contributed by atoms with Gasteiger partial charge >= 0.3 is 0 Å². The number of carbonyl (C=O) groups is 1. The average molecular weight is 251 g/mol. The second-order valence-electron chi connectivity index (χ2n) is 5.00. The summed E-state index contributed by atoms with van der Waals surface area (Å²) in [4.78, 5) is 11.8. The van der Waals surface area contributed by atoms with Crippen LogP contribution in [0.5, 0.6) is 0 Å². The first-order valence-corrected chi connectivity index (χ1v) is 6.56. The fourth-order valence-corrected chi connectivity index (χ4v) is 2.37. The first kappa shape index (κ1) is 13.1. The molecule has 0 aliphatic carbocycles. The van der Waals surface area contributed by atoms with Gasteiger partial charge in [-0.15, -0.1) is 0 Å². The summed E-state index contributed by atoms with van der Waals surface area (Å²) in [6.45, 7) is 6.31. The highest BCUT2D eigenvalue weighted by atomic mass is 16.5. The molecule has 18 heavy (non-hydrogen) atoms. The molecule has 0 saturated carbocycles. The van der Waals surface area contributed by atoms with Crippen LogP contribution in [0.15, 0.2) is 4.52 Å². The van der Waals surface area contributed by atoms with Crippen molar-refractivity contribution in [2.24, 2.45) is 5.92 Å². The van der Waals surface area contributed by atoms with Gasteiger partial charge in [0.1, 0.15) is 5.76 Å². The molecule has 2 rings (SSSR count). The van der Waals surface area contributed by atoms with Crippen molar-refractivity contribution in [2.75, 3.05) is 13.1 Å². The van der Waals surface area contributed by atoms with Crippen LogP contribution >= 0.6 is 0 Å². The first-order chi connectivity index (χ1) is 8.66. The van der Waals surface area contributed by atoms with Gasteiger partial charge in [-0.2, -0.15) is 0 Å². The van der Waals surface area contributed by atoms with Crippen molar-refractivity contribution in [1.82, 2.24) is 15.8 Å². The smallest absolute Gasteiger partial charge is 0.220 e.